The lowest BCUT2D eigenvalue weighted by Crippen LogP contribution is -2.18. The summed E-state index contributed by atoms with van der Waals surface area (Å²) in [7, 11) is -2.96. The van der Waals surface area contributed by atoms with E-state index in [-0.39, 0.29) is 23.4 Å². The Kier molecular flexibility index (Phi) is 3.49. The zero-order valence-electron chi connectivity index (χ0n) is 9.52. The van der Waals surface area contributed by atoms with Crippen LogP contribution in [0.4, 0.5) is 0 Å². The van der Waals surface area contributed by atoms with Crippen molar-refractivity contribution in [2.45, 2.75) is 12.5 Å². The number of sulfone groups is 1. The first-order valence-electron chi connectivity index (χ1n) is 5.38. The van der Waals surface area contributed by atoms with E-state index in [1.54, 1.807) is 18.2 Å². The lowest BCUT2D eigenvalue weighted by Gasteiger charge is -2.13. The van der Waals surface area contributed by atoms with E-state index in [2.05, 4.69) is 0 Å². The van der Waals surface area contributed by atoms with Crippen LogP contribution in [0, 0.1) is 5.41 Å². The smallest absolute Gasteiger partial charge is 0.154 e. The molecule has 0 spiro atoms. The molecule has 1 aliphatic heterocycles. The summed E-state index contributed by atoms with van der Waals surface area (Å²) < 4.78 is 28.1. The van der Waals surface area contributed by atoms with E-state index in [4.69, 9.17) is 27.5 Å². The zero-order chi connectivity index (χ0) is 13.3. The molecule has 1 atom stereocenters. The topological polar surface area (TPSA) is 93.2 Å². The van der Waals surface area contributed by atoms with E-state index in [0.29, 0.717) is 22.8 Å². The molecule has 1 aromatic rings. The summed E-state index contributed by atoms with van der Waals surface area (Å²) in [5.41, 5.74) is 5.78. The van der Waals surface area contributed by atoms with Gasteiger partial charge in [-0.3, -0.25) is 5.41 Å². The molecule has 0 aromatic heterocycles. The summed E-state index contributed by atoms with van der Waals surface area (Å²) in [5, 5.41) is 7.62. The van der Waals surface area contributed by atoms with E-state index in [1.165, 1.54) is 0 Å². The number of nitrogen functional groups attached to an aromatic ring is 1. The number of halogens is 1. The molecule has 0 saturated carbocycles. The Bertz CT molecular complexity index is 586. The Morgan fingerprint density at radius 3 is 2.72 bits per heavy atom. The van der Waals surface area contributed by atoms with Crippen molar-refractivity contribution in [2.75, 3.05) is 11.5 Å². The third-order valence-electron chi connectivity index (χ3n) is 2.72. The van der Waals surface area contributed by atoms with Crippen LogP contribution in [-0.4, -0.2) is 31.9 Å². The Balaban J connectivity index is 2.12. The molecule has 7 heteroatoms. The van der Waals surface area contributed by atoms with Crippen LogP contribution in [0.2, 0.25) is 5.02 Å². The van der Waals surface area contributed by atoms with E-state index >= 15 is 0 Å². The van der Waals surface area contributed by atoms with E-state index in [0.717, 1.165) is 0 Å². The molecular formula is C11H13ClN2O3S. The maximum absolute atomic E-state index is 11.3. The van der Waals surface area contributed by atoms with Gasteiger partial charge < -0.3 is 10.5 Å². The minimum Gasteiger partial charge on any atom is -0.489 e. The molecule has 0 bridgehead atoms. The maximum atomic E-state index is 11.3. The third kappa shape index (κ3) is 2.94. The first-order valence-corrected chi connectivity index (χ1v) is 7.58. The highest BCUT2D eigenvalue weighted by atomic mass is 35.5. The summed E-state index contributed by atoms with van der Waals surface area (Å²) in [6.45, 7) is 0. The molecule has 0 aliphatic carbocycles. The average molecular weight is 289 g/mol. The first-order chi connectivity index (χ1) is 8.37. The standard InChI is InChI=1S/C11H13ClN2O3S/c12-10-5-7(1-2-9(10)11(13)14)17-8-3-4-18(15,16)6-8/h1-2,5,8H,3-4,6H2,(H3,13,14). The maximum Gasteiger partial charge on any atom is 0.154 e. The predicted octanol–water partition coefficient (Wildman–Crippen LogP) is 1.19. The summed E-state index contributed by atoms with van der Waals surface area (Å²) in [5.74, 6) is 0.581. The molecule has 1 heterocycles. The summed E-state index contributed by atoms with van der Waals surface area (Å²) >= 11 is 5.95. The van der Waals surface area contributed by atoms with Crippen LogP contribution in [0.15, 0.2) is 18.2 Å². The largest absolute Gasteiger partial charge is 0.489 e. The molecule has 0 radical (unpaired) electrons. The van der Waals surface area contributed by atoms with Gasteiger partial charge in [0.05, 0.1) is 16.5 Å². The van der Waals surface area contributed by atoms with Gasteiger partial charge in [-0.1, -0.05) is 11.6 Å². The number of hydrogen-bond donors (Lipinski definition) is 2. The van der Waals surface area contributed by atoms with Gasteiger partial charge in [0.1, 0.15) is 17.7 Å². The first kappa shape index (κ1) is 13.2. The lowest BCUT2D eigenvalue weighted by atomic mass is 10.2. The predicted molar refractivity (Wildman–Crippen MR) is 70.2 cm³/mol. The van der Waals surface area contributed by atoms with Gasteiger partial charge in [-0.25, -0.2) is 8.42 Å². The number of benzene rings is 1. The van der Waals surface area contributed by atoms with Crippen LogP contribution in [0.3, 0.4) is 0 Å². The second-order valence-corrected chi connectivity index (χ2v) is 6.83. The fraction of sp³-hybridized carbons (Fsp3) is 0.364. The molecule has 2 rings (SSSR count). The second kappa shape index (κ2) is 4.78. The van der Waals surface area contributed by atoms with E-state index in [9.17, 15) is 8.42 Å². The fourth-order valence-corrected chi connectivity index (χ4v) is 3.70. The number of nitrogens with one attached hydrogen (secondary N) is 1. The number of amidine groups is 1. The van der Waals surface area contributed by atoms with Crippen molar-refractivity contribution < 1.29 is 13.2 Å². The third-order valence-corrected chi connectivity index (χ3v) is 4.77. The Hall–Kier alpha value is -1.27. The molecule has 5 nitrogen and oxygen atoms in total. The van der Waals surface area contributed by atoms with Gasteiger partial charge in [0.25, 0.3) is 0 Å². The zero-order valence-corrected chi connectivity index (χ0v) is 11.1. The monoisotopic (exact) mass is 288 g/mol. The van der Waals surface area contributed by atoms with Crippen molar-refractivity contribution in [1.82, 2.24) is 0 Å². The molecule has 3 N–H and O–H groups in total. The van der Waals surface area contributed by atoms with Crippen LogP contribution >= 0.6 is 11.6 Å². The van der Waals surface area contributed by atoms with Gasteiger partial charge >= 0.3 is 0 Å². The molecule has 98 valence electrons. The number of hydrogen-bond acceptors (Lipinski definition) is 4. The number of rotatable bonds is 3. The minimum atomic E-state index is -2.96. The van der Waals surface area contributed by atoms with E-state index < -0.39 is 9.84 Å². The summed E-state index contributed by atoms with van der Waals surface area (Å²) in [4.78, 5) is 0. The Morgan fingerprint density at radius 1 is 1.50 bits per heavy atom. The van der Waals surface area contributed by atoms with Crippen molar-refractivity contribution in [2.24, 2.45) is 5.73 Å². The van der Waals surface area contributed by atoms with Gasteiger partial charge in [-0.15, -0.1) is 0 Å². The summed E-state index contributed by atoms with van der Waals surface area (Å²) in [6, 6.07) is 4.76. The minimum absolute atomic E-state index is 0.0408. The number of ether oxygens (including phenoxy) is 1. The van der Waals surface area contributed by atoms with Gasteiger partial charge in [-0.2, -0.15) is 0 Å². The van der Waals surface area contributed by atoms with E-state index in [1.807, 2.05) is 0 Å². The number of nitrogens with two attached hydrogens (primary N) is 1. The fourth-order valence-electron chi connectivity index (χ4n) is 1.83. The highest BCUT2D eigenvalue weighted by Crippen LogP contribution is 2.25. The highest BCUT2D eigenvalue weighted by Gasteiger charge is 2.29. The molecule has 1 saturated heterocycles. The van der Waals surface area contributed by atoms with Crippen molar-refractivity contribution in [3.63, 3.8) is 0 Å². The SMILES string of the molecule is N=C(N)c1ccc(OC2CCS(=O)(=O)C2)cc1Cl. The van der Waals surface area contributed by atoms with Gasteiger partial charge in [0.2, 0.25) is 0 Å². The molecule has 18 heavy (non-hydrogen) atoms. The average Bonchev–Trinajstić information content (AvgIpc) is 2.57. The summed E-state index contributed by atoms with van der Waals surface area (Å²) in [6.07, 6.45) is 0.170. The van der Waals surface area contributed by atoms with Crippen molar-refractivity contribution >= 4 is 27.3 Å². The van der Waals surface area contributed by atoms with Crippen LogP contribution in [0.5, 0.6) is 5.75 Å². The van der Waals surface area contributed by atoms with Crippen molar-refractivity contribution in [3.05, 3.63) is 28.8 Å². The van der Waals surface area contributed by atoms with Crippen LogP contribution in [-0.2, 0) is 9.84 Å². The Labute approximate surface area is 110 Å². The van der Waals surface area contributed by atoms with Crippen molar-refractivity contribution in [3.8, 4) is 5.75 Å². The highest BCUT2D eigenvalue weighted by molar-refractivity contribution is 7.91. The molecule has 1 unspecified atom stereocenters. The second-order valence-electron chi connectivity index (χ2n) is 4.20. The quantitative estimate of drug-likeness (QED) is 0.645. The van der Waals surface area contributed by atoms with Crippen LogP contribution < -0.4 is 10.5 Å². The van der Waals surface area contributed by atoms with Gasteiger partial charge in [0, 0.05) is 5.56 Å². The lowest BCUT2D eigenvalue weighted by molar-refractivity contribution is 0.229. The van der Waals surface area contributed by atoms with Crippen molar-refractivity contribution in [1.29, 1.82) is 5.41 Å². The molecule has 1 fully saturated rings. The van der Waals surface area contributed by atoms with Gasteiger partial charge in [0.15, 0.2) is 9.84 Å². The molecular weight excluding hydrogens is 276 g/mol. The molecule has 0 amide bonds. The van der Waals surface area contributed by atoms with Crippen LogP contribution in [0.1, 0.15) is 12.0 Å². The van der Waals surface area contributed by atoms with Crippen LogP contribution in [0.25, 0.3) is 0 Å². The molecule has 1 aliphatic rings. The van der Waals surface area contributed by atoms with Gasteiger partial charge in [-0.05, 0) is 24.6 Å². The molecule has 1 aromatic carbocycles. The normalized spacial score (nSPS) is 21.7. The Morgan fingerprint density at radius 2 is 2.22 bits per heavy atom.